The second-order valence-corrected chi connectivity index (χ2v) is 8.78. The first-order valence-corrected chi connectivity index (χ1v) is 11.0. The maximum absolute atomic E-state index is 12.6. The highest BCUT2D eigenvalue weighted by Gasteiger charge is 2.20. The summed E-state index contributed by atoms with van der Waals surface area (Å²) >= 11 is 0. The van der Waals surface area contributed by atoms with Crippen LogP contribution in [0, 0.1) is 0 Å². The van der Waals surface area contributed by atoms with Crippen LogP contribution in [0.3, 0.4) is 0 Å². The molecule has 2 aromatic carbocycles. The van der Waals surface area contributed by atoms with Gasteiger partial charge in [0.1, 0.15) is 6.54 Å². The molecule has 30 heavy (non-hydrogen) atoms. The van der Waals surface area contributed by atoms with E-state index in [4.69, 9.17) is 0 Å². The lowest BCUT2D eigenvalue weighted by molar-refractivity contribution is -0.116. The first kappa shape index (κ1) is 21.3. The Hall–Kier alpha value is -3.46. The van der Waals surface area contributed by atoms with Gasteiger partial charge in [-0.05, 0) is 35.9 Å². The Morgan fingerprint density at radius 3 is 2.60 bits per heavy atom. The molecule has 3 rings (SSSR count). The van der Waals surface area contributed by atoms with Gasteiger partial charge >= 0.3 is 0 Å². The van der Waals surface area contributed by atoms with Gasteiger partial charge < -0.3 is 10.6 Å². The van der Waals surface area contributed by atoms with Crippen LogP contribution in [0.5, 0.6) is 0 Å². The van der Waals surface area contributed by atoms with Gasteiger partial charge in [-0.25, -0.2) is 8.42 Å². The van der Waals surface area contributed by atoms with E-state index in [0.717, 1.165) is 5.56 Å². The van der Waals surface area contributed by atoms with Crippen LogP contribution in [0.4, 0.5) is 5.69 Å². The minimum Gasteiger partial charge on any atom is -0.348 e. The summed E-state index contributed by atoms with van der Waals surface area (Å²) in [5, 5.41) is 9.51. The second kappa shape index (κ2) is 9.36. The van der Waals surface area contributed by atoms with Crippen molar-refractivity contribution in [3.05, 3.63) is 78.1 Å². The predicted octanol–water partition coefficient (Wildman–Crippen LogP) is 2.25. The van der Waals surface area contributed by atoms with Crippen LogP contribution in [0.15, 0.2) is 71.9 Å². The fraction of sp³-hybridized carbons (Fsp3) is 0.190. The van der Waals surface area contributed by atoms with Crippen molar-refractivity contribution in [2.45, 2.75) is 24.9 Å². The number of carbonyl (C=O) groups excluding carboxylic acids is 2. The van der Waals surface area contributed by atoms with Gasteiger partial charge in [0.2, 0.25) is 5.91 Å². The van der Waals surface area contributed by atoms with Crippen LogP contribution in [0.2, 0.25) is 0 Å². The van der Waals surface area contributed by atoms with Crippen LogP contribution >= 0.6 is 0 Å². The third-order valence-corrected chi connectivity index (χ3v) is 6.16. The van der Waals surface area contributed by atoms with Gasteiger partial charge in [-0.3, -0.25) is 14.3 Å². The number of nitrogens with zero attached hydrogens (tertiary/aromatic N) is 2. The molecule has 0 aliphatic heterocycles. The highest BCUT2D eigenvalue weighted by molar-refractivity contribution is 7.91. The Balaban J connectivity index is 1.65. The maximum Gasteiger partial charge on any atom is 0.252 e. The van der Waals surface area contributed by atoms with Gasteiger partial charge in [-0.15, -0.1) is 0 Å². The van der Waals surface area contributed by atoms with Gasteiger partial charge in [0.25, 0.3) is 5.91 Å². The lowest BCUT2D eigenvalue weighted by Crippen LogP contribution is -2.25. The van der Waals surface area contributed by atoms with Gasteiger partial charge in [-0.1, -0.05) is 31.2 Å². The molecule has 0 unspecified atom stereocenters. The molecule has 0 aliphatic carbocycles. The Labute approximate surface area is 174 Å². The number of hydrogen-bond donors (Lipinski definition) is 2. The van der Waals surface area contributed by atoms with Crippen molar-refractivity contribution < 1.29 is 18.0 Å². The van der Waals surface area contributed by atoms with Crippen LogP contribution in [-0.4, -0.2) is 35.8 Å². The van der Waals surface area contributed by atoms with E-state index in [1.807, 2.05) is 0 Å². The smallest absolute Gasteiger partial charge is 0.252 e. The number of sulfone groups is 1. The van der Waals surface area contributed by atoms with Crippen molar-refractivity contribution in [2.75, 3.05) is 11.1 Å². The topological polar surface area (TPSA) is 110 Å². The molecule has 0 radical (unpaired) electrons. The van der Waals surface area contributed by atoms with Crippen molar-refractivity contribution in [1.29, 1.82) is 0 Å². The number of benzene rings is 2. The summed E-state index contributed by atoms with van der Waals surface area (Å²) in [6.45, 7) is 1.81. The van der Waals surface area contributed by atoms with E-state index >= 15 is 0 Å². The molecule has 156 valence electrons. The minimum atomic E-state index is -3.51. The summed E-state index contributed by atoms with van der Waals surface area (Å²) in [5.74, 6) is -0.785. The van der Waals surface area contributed by atoms with E-state index in [0.29, 0.717) is 5.69 Å². The molecule has 0 spiro atoms. The van der Waals surface area contributed by atoms with Gasteiger partial charge in [0.15, 0.2) is 9.84 Å². The summed E-state index contributed by atoms with van der Waals surface area (Å²) in [5.41, 5.74) is 1.46. The third kappa shape index (κ3) is 5.32. The SMILES string of the molecule is CCS(=O)(=O)c1ccccc1C(=O)NCc1cccc(NC(=O)Cn2cccn2)c1. The number of rotatable bonds is 8. The molecule has 9 heteroatoms. The summed E-state index contributed by atoms with van der Waals surface area (Å²) in [7, 11) is -3.51. The highest BCUT2D eigenvalue weighted by atomic mass is 32.2. The fourth-order valence-electron chi connectivity index (χ4n) is 2.86. The minimum absolute atomic E-state index is 0.0182. The zero-order valence-electron chi connectivity index (χ0n) is 16.4. The summed E-state index contributed by atoms with van der Waals surface area (Å²) in [4.78, 5) is 24.7. The zero-order valence-corrected chi connectivity index (χ0v) is 17.2. The number of hydrogen-bond acceptors (Lipinski definition) is 5. The van der Waals surface area contributed by atoms with E-state index < -0.39 is 15.7 Å². The Bertz CT molecular complexity index is 1140. The van der Waals surface area contributed by atoms with Gasteiger partial charge in [-0.2, -0.15) is 5.10 Å². The molecule has 2 N–H and O–H groups in total. The molecule has 0 bridgehead atoms. The van der Waals surface area contributed by atoms with Crippen molar-refractivity contribution in [2.24, 2.45) is 0 Å². The number of anilines is 1. The lowest BCUT2D eigenvalue weighted by atomic mass is 10.1. The quantitative estimate of drug-likeness (QED) is 0.574. The summed E-state index contributed by atoms with van der Waals surface area (Å²) in [6.07, 6.45) is 3.29. The van der Waals surface area contributed by atoms with E-state index in [1.54, 1.807) is 54.9 Å². The molecule has 2 amide bonds. The summed E-state index contributed by atoms with van der Waals surface area (Å²) in [6, 6.07) is 14.9. The third-order valence-electron chi connectivity index (χ3n) is 4.38. The number of carbonyl (C=O) groups is 2. The standard InChI is InChI=1S/C21H22N4O4S/c1-2-30(28,29)19-10-4-3-9-18(19)21(27)22-14-16-7-5-8-17(13-16)24-20(26)15-25-12-6-11-23-25/h3-13H,2,14-15H2,1H3,(H,22,27)(H,24,26). The molecular formula is C21H22N4O4S. The predicted molar refractivity (Wildman–Crippen MR) is 113 cm³/mol. The molecule has 1 heterocycles. The average Bonchev–Trinajstić information content (AvgIpc) is 3.25. The number of aromatic nitrogens is 2. The zero-order chi connectivity index (χ0) is 21.6. The largest absolute Gasteiger partial charge is 0.348 e. The van der Waals surface area contributed by atoms with Crippen LogP contribution in [0.1, 0.15) is 22.8 Å². The lowest BCUT2D eigenvalue weighted by Gasteiger charge is -2.11. The van der Waals surface area contributed by atoms with Crippen molar-refractivity contribution >= 4 is 27.3 Å². The molecule has 0 atom stereocenters. The molecule has 3 aromatic rings. The average molecular weight is 426 g/mol. The summed E-state index contributed by atoms with van der Waals surface area (Å²) < 4.78 is 26.0. The Morgan fingerprint density at radius 1 is 1.07 bits per heavy atom. The molecule has 1 aromatic heterocycles. The number of nitrogens with one attached hydrogen (secondary N) is 2. The molecule has 0 saturated carbocycles. The monoisotopic (exact) mass is 426 g/mol. The second-order valence-electron chi connectivity index (χ2n) is 6.53. The van der Waals surface area contributed by atoms with E-state index in [9.17, 15) is 18.0 Å². The van der Waals surface area contributed by atoms with Gasteiger partial charge in [0.05, 0.1) is 16.2 Å². The van der Waals surface area contributed by atoms with Crippen molar-refractivity contribution in [1.82, 2.24) is 15.1 Å². The van der Waals surface area contributed by atoms with E-state index in [2.05, 4.69) is 15.7 Å². The normalized spacial score (nSPS) is 11.1. The van der Waals surface area contributed by atoms with Crippen LogP contribution in [-0.2, 0) is 27.7 Å². The van der Waals surface area contributed by atoms with Crippen LogP contribution in [0.25, 0.3) is 0 Å². The maximum atomic E-state index is 12.6. The van der Waals surface area contributed by atoms with Crippen molar-refractivity contribution in [3.63, 3.8) is 0 Å². The highest BCUT2D eigenvalue weighted by Crippen LogP contribution is 2.17. The Kier molecular flexibility index (Phi) is 6.63. The Morgan fingerprint density at radius 2 is 1.87 bits per heavy atom. The molecule has 0 saturated heterocycles. The molecule has 0 fully saturated rings. The number of amides is 2. The molecule has 8 nitrogen and oxygen atoms in total. The molecule has 0 aliphatic rings. The fourth-order valence-corrected chi connectivity index (χ4v) is 3.95. The molecular weight excluding hydrogens is 404 g/mol. The van der Waals surface area contributed by atoms with Gasteiger partial charge in [0, 0.05) is 24.6 Å². The van der Waals surface area contributed by atoms with E-state index in [1.165, 1.54) is 23.7 Å². The van der Waals surface area contributed by atoms with Crippen molar-refractivity contribution in [3.8, 4) is 0 Å². The van der Waals surface area contributed by atoms with Crippen LogP contribution < -0.4 is 10.6 Å². The van der Waals surface area contributed by atoms with E-state index in [-0.39, 0.29) is 35.2 Å². The first-order valence-electron chi connectivity index (χ1n) is 9.35. The first-order chi connectivity index (χ1) is 14.4.